The summed E-state index contributed by atoms with van der Waals surface area (Å²) in [4.78, 5) is 25.0. The number of nitrogens with one attached hydrogen (secondary N) is 2. The van der Waals surface area contributed by atoms with Gasteiger partial charge in [-0.05, 0) is 75.3 Å². The van der Waals surface area contributed by atoms with Crippen molar-refractivity contribution in [1.29, 1.82) is 0 Å². The quantitative estimate of drug-likeness (QED) is 0.625. The predicted molar refractivity (Wildman–Crippen MR) is 110 cm³/mol. The van der Waals surface area contributed by atoms with E-state index in [0.717, 1.165) is 37.0 Å². The lowest BCUT2D eigenvalue weighted by Gasteiger charge is -2.55. The molecule has 0 heterocycles. The van der Waals surface area contributed by atoms with Crippen LogP contribution in [0, 0.1) is 23.2 Å². The van der Waals surface area contributed by atoms with Crippen LogP contribution in [0.25, 0.3) is 0 Å². The standard InChI is InChI=1S/C23H32N2O4/c1-2-28-19-5-3-4-6-20(19)29-15-21(26)24-7-8-25-22(27)23-12-16-9-17(13-23)11-18(10-16)14-23/h3-6,16-18H,2,7-15H2,1H3,(H,24,26)(H,25,27). The minimum absolute atomic E-state index is 0.0764. The summed E-state index contributed by atoms with van der Waals surface area (Å²) in [5.74, 6) is 3.44. The number of hydrogen-bond acceptors (Lipinski definition) is 4. The molecule has 5 rings (SSSR count). The summed E-state index contributed by atoms with van der Waals surface area (Å²) in [6, 6.07) is 7.31. The Labute approximate surface area is 172 Å². The molecule has 0 aliphatic heterocycles. The maximum Gasteiger partial charge on any atom is 0.258 e. The third-order valence-corrected chi connectivity index (χ3v) is 6.76. The maximum atomic E-state index is 12.9. The molecule has 4 saturated carbocycles. The zero-order chi connectivity index (χ0) is 20.3. The lowest BCUT2D eigenvalue weighted by Crippen LogP contribution is -2.54. The molecule has 2 N–H and O–H groups in total. The largest absolute Gasteiger partial charge is 0.490 e. The first kappa shape index (κ1) is 20.0. The highest BCUT2D eigenvalue weighted by atomic mass is 16.5. The smallest absolute Gasteiger partial charge is 0.258 e. The molecule has 29 heavy (non-hydrogen) atoms. The van der Waals surface area contributed by atoms with Crippen molar-refractivity contribution in [3.63, 3.8) is 0 Å². The van der Waals surface area contributed by atoms with E-state index in [0.29, 0.717) is 31.2 Å². The third kappa shape index (κ3) is 4.51. The van der Waals surface area contributed by atoms with Gasteiger partial charge < -0.3 is 20.1 Å². The molecule has 0 saturated heterocycles. The summed E-state index contributed by atoms with van der Waals surface area (Å²) < 4.78 is 11.1. The van der Waals surface area contributed by atoms with Crippen molar-refractivity contribution in [2.24, 2.45) is 23.2 Å². The summed E-state index contributed by atoms with van der Waals surface area (Å²) in [5, 5.41) is 5.89. The average Bonchev–Trinajstić information content (AvgIpc) is 2.69. The highest BCUT2D eigenvalue weighted by molar-refractivity contribution is 5.83. The first-order chi connectivity index (χ1) is 14.1. The van der Waals surface area contributed by atoms with Gasteiger partial charge in [0.05, 0.1) is 6.61 Å². The number of hydrogen-bond donors (Lipinski definition) is 2. The van der Waals surface area contributed by atoms with Gasteiger partial charge in [0, 0.05) is 18.5 Å². The van der Waals surface area contributed by atoms with Crippen molar-refractivity contribution in [3.05, 3.63) is 24.3 Å². The van der Waals surface area contributed by atoms with E-state index >= 15 is 0 Å². The van der Waals surface area contributed by atoms with Crippen LogP contribution in [0.3, 0.4) is 0 Å². The minimum Gasteiger partial charge on any atom is -0.490 e. The Morgan fingerprint density at radius 3 is 2.07 bits per heavy atom. The lowest BCUT2D eigenvalue weighted by atomic mass is 9.49. The fraction of sp³-hybridized carbons (Fsp3) is 0.652. The molecule has 6 nitrogen and oxygen atoms in total. The second-order valence-corrected chi connectivity index (χ2v) is 8.97. The number of carbonyl (C=O) groups is 2. The molecular weight excluding hydrogens is 368 g/mol. The molecule has 4 aliphatic rings. The van der Waals surface area contributed by atoms with E-state index in [1.165, 1.54) is 19.3 Å². The fourth-order valence-corrected chi connectivity index (χ4v) is 5.99. The Hall–Kier alpha value is -2.24. The predicted octanol–water partition coefficient (Wildman–Crippen LogP) is 2.91. The van der Waals surface area contributed by atoms with Gasteiger partial charge in [0.2, 0.25) is 5.91 Å². The van der Waals surface area contributed by atoms with Crippen LogP contribution in [-0.2, 0) is 9.59 Å². The minimum atomic E-state index is -0.208. The fourth-order valence-electron chi connectivity index (χ4n) is 5.99. The third-order valence-electron chi connectivity index (χ3n) is 6.76. The van der Waals surface area contributed by atoms with Crippen molar-refractivity contribution < 1.29 is 19.1 Å². The van der Waals surface area contributed by atoms with Gasteiger partial charge in [-0.1, -0.05) is 12.1 Å². The number of amides is 2. The Balaban J connectivity index is 1.17. The summed E-state index contributed by atoms with van der Waals surface area (Å²) in [5.41, 5.74) is -0.134. The van der Waals surface area contributed by atoms with E-state index in [1.807, 2.05) is 25.1 Å². The SMILES string of the molecule is CCOc1ccccc1OCC(=O)NCCNC(=O)C12CC3CC(CC(C3)C1)C2. The summed E-state index contributed by atoms with van der Waals surface area (Å²) in [6.45, 7) is 3.24. The van der Waals surface area contributed by atoms with Crippen LogP contribution in [0.2, 0.25) is 0 Å². The lowest BCUT2D eigenvalue weighted by molar-refractivity contribution is -0.146. The van der Waals surface area contributed by atoms with Crippen molar-refractivity contribution in [1.82, 2.24) is 10.6 Å². The van der Waals surface area contributed by atoms with E-state index < -0.39 is 0 Å². The molecule has 1 aromatic rings. The van der Waals surface area contributed by atoms with Gasteiger partial charge in [0.25, 0.3) is 5.91 Å². The molecule has 4 bridgehead atoms. The van der Waals surface area contributed by atoms with Crippen LogP contribution in [0.15, 0.2) is 24.3 Å². The van der Waals surface area contributed by atoms with Gasteiger partial charge in [0.15, 0.2) is 18.1 Å². The van der Waals surface area contributed by atoms with Crippen LogP contribution >= 0.6 is 0 Å². The van der Waals surface area contributed by atoms with Crippen molar-refractivity contribution in [2.45, 2.75) is 45.4 Å². The second kappa shape index (κ2) is 8.64. The van der Waals surface area contributed by atoms with Gasteiger partial charge in [-0.2, -0.15) is 0 Å². The van der Waals surface area contributed by atoms with E-state index in [1.54, 1.807) is 6.07 Å². The van der Waals surface area contributed by atoms with E-state index in [2.05, 4.69) is 10.6 Å². The molecule has 0 aromatic heterocycles. The van der Waals surface area contributed by atoms with Crippen LogP contribution in [-0.4, -0.2) is 38.1 Å². The van der Waals surface area contributed by atoms with Gasteiger partial charge in [-0.3, -0.25) is 9.59 Å². The van der Waals surface area contributed by atoms with Gasteiger partial charge >= 0.3 is 0 Å². The van der Waals surface area contributed by atoms with Gasteiger partial charge in [-0.15, -0.1) is 0 Å². The molecule has 0 atom stereocenters. The number of carbonyl (C=O) groups excluding carboxylic acids is 2. The van der Waals surface area contributed by atoms with Crippen molar-refractivity contribution in [2.75, 3.05) is 26.3 Å². The molecule has 0 radical (unpaired) electrons. The van der Waals surface area contributed by atoms with Crippen LogP contribution in [0.4, 0.5) is 0 Å². The highest BCUT2D eigenvalue weighted by Gasteiger charge is 2.54. The number of para-hydroxylation sites is 2. The van der Waals surface area contributed by atoms with Crippen LogP contribution < -0.4 is 20.1 Å². The molecule has 6 heteroatoms. The highest BCUT2D eigenvalue weighted by Crippen LogP contribution is 2.60. The molecule has 0 unspecified atom stereocenters. The maximum absolute atomic E-state index is 12.9. The second-order valence-electron chi connectivity index (χ2n) is 8.97. The Bertz CT molecular complexity index is 713. The molecule has 158 valence electrons. The van der Waals surface area contributed by atoms with Crippen LogP contribution in [0.1, 0.15) is 45.4 Å². The number of rotatable bonds is 9. The topological polar surface area (TPSA) is 76.7 Å². The van der Waals surface area contributed by atoms with E-state index in [4.69, 9.17) is 9.47 Å². The zero-order valence-electron chi connectivity index (χ0n) is 17.2. The van der Waals surface area contributed by atoms with Gasteiger partial charge in [0.1, 0.15) is 0 Å². The normalized spacial score (nSPS) is 29.3. The Kier molecular flexibility index (Phi) is 5.97. The van der Waals surface area contributed by atoms with Crippen LogP contribution in [0.5, 0.6) is 11.5 Å². The first-order valence-electron chi connectivity index (χ1n) is 11.0. The Morgan fingerprint density at radius 1 is 0.931 bits per heavy atom. The summed E-state index contributed by atoms with van der Waals surface area (Å²) >= 11 is 0. The molecular formula is C23H32N2O4. The van der Waals surface area contributed by atoms with Crippen molar-refractivity contribution in [3.8, 4) is 11.5 Å². The van der Waals surface area contributed by atoms with Gasteiger partial charge in [-0.25, -0.2) is 0 Å². The molecule has 0 spiro atoms. The van der Waals surface area contributed by atoms with E-state index in [9.17, 15) is 9.59 Å². The summed E-state index contributed by atoms with van der Waals surface area (Å²) in [7, 11) is 0. The molecule has 4 aliphatic carbocycles. The molecule has 1 aromatic carbocycles. The zero-order valence-corrected chi connectivity index (χ0v) is 17.2. The monoisotopic (exact) mass is 400 g/mol. The van der Waals surface area contributed by atoms with Crippen molar-refractivity contribution >= 4 is 11.8 Å². The summed E-state index contributed by atoms with van der Waals surface area (Å²) in [6.07, 6.45) is 7.16. The number of benzene rings is 1. The van der Waals surface area contributed by atoms with E-state index in [-0.39, 0.29) is 23.8 Å². The number of ether oxygens (including phenoxy) is 2. The first-order valence-corrected chi connectivity index (χ1v) is 11.0. The molecule has 2 amide bonds. The Morgan fingerprint density at radius 2 is 1.48 bits per heavy atom. The average molecular weight is 401 g/mol. The molecule has 4 fully saturated rings.